The summed E-state index contributed by atoms with van der Waals surface area (Å²) in [6.45, 7) is 11.8. The molecule has 1 rings (SSSR count). The van der Waals surface area contributed by atoms with Crippen molar-refractivity contribution in [2.45, 2.75) is 52.4 Å². The first-order valence-electron chi connectivity index (χ1n) is 8.15. The molecule has 0 spiro atoms. The molecule has 0 aliphatic heterocycles. The minimum Gasteiger partial charge on any atom is -0.461 e. The fraction of sp³-hybridized carbons (Fsp3) is 0.579. The summed E-state index contributed by atoms with van der Waals surface area (Å²) < 4.78 is 10.1. The van der Waals surface area contributed by atoms with Gasteiger partial charge in [-0.15, -0.1) is 0 Å². The van der Waals surface area contributed by atoms with E-state index in [2.05, 4.69) is 27.0 Å². The van der Waals surface area contributed by atoms with Crippen LogP contribution in [0.1, 0.15) is 52.4 Å². The number of rotatable bonds is 9. The van der Waals surface area contributed by atoms with Gasteiger partial charge in [-0.25, -0.2) is 0 Å². The van der Waals surface area contributed by atoms with Gasteiger partial charge in [-0.05, 0) is 31.1 Å². The maximum absolute atomic E-state index is 12.0. The van der Waals surface area contributed by atoms with Gasteiger partial charge in [0.25, 0.3) is 0 Å². The number of hydrogen-bond donors (Lipinski definition) is 0. The lowest BCUT2D eigenvalue weighted by Gasteiger charge is -2.35. The van der Waals surface area contributed by atoms with Crippen LogP contribution in [0.5, 0.6) is 0 Å². The van der Waals surface area contributed by atoms with Crippen LogP contribution < -0.4 is 0 Å². The second kappa shape index (κ2) is 9.33. The molecular formula is C19H28O4. The molecule has 0 aromatic rings. The van der Waals surface area contributed by atoms with Gasteiger partial charge < -0.3 is 9.47 Å². The van der Waals surface area contributed by atoms with E-state index in [1.807, 2.05) is 0 Å². The minimum absolute atomic E-state index is 0.0359. The lowest BCUT2D eigenvalue weighted by atomic mass is 9.70. The molecule has 0 bridgehead atoms. The van der Waals surface area contributed by atoms with E-state index < -0.39 is 0 Å². The van der Waals surface area contributed by atoms with E-state index in [-0.39, 0.29) is 37.0 Å². The van der Waals surface area contributed by atoms with Crippen molar-refractivity contribution in [3.8, 4) is 0 Å². The van der Waals surface area contributed by atoms with E-state index in [4.69, 9.17) is 9.47 Å². The van der Waals surface area contributed by atoms with Crippen molar-refractivity contribution in [3.63, 3.8) is 0 Å². The minimum atomic E-state index is -0.235. The molecule has 0 fully saturated rings. The average Bonchev–Trinajstić information content (AvgIpc) is 2.51. The first kappa shape index (κ1) is 19.2. The monoisotopic (exact) mass is 320 g/mol. The van der Waals surface area contributed by atoms with Gasteiger partial charge in [0.1, 0.15) is 13.2 Å². The average molecular weight is 320 g/mol. The second-order valence-corrected chi connectivity index (χ2v) is 6.44. The first-order chi connectivity index (χ1) is 10.9. The first-order valence-corrected chi connectivity index (χ1v) is 8.15. The predicted octanol–water partition coefficient (Wildman–Crippen LogP) is 4.12. The van der Waals surface area contributed by atoms with Gasteiger partial charge in [-0.1, -0.05) is 50.3 Å². The van der Waals surface area contributed by atoms with Crippen LogP contribution in [0.3, 0.4) is 0 Å². The van der Waals surface area contributed by atoms with Gasteiger partial charge in [0.05, 0.1) is 6.42 Å². The van der Waals surface area contributed by atoms with E-state index in [0.717, 1.165) is 24.8 Å². The number of hydrogen-bond acceptors (Lipinski definition) is 4. The Morgan fingerprint density at radius 2 is 1.74 bits per heavy atom. The molecule has 0 aromatic heterocycles. The quantitative estimate of drug-likeness (QED) is 0.473. The highest BCUT2D eigenvalue weighted by atomic mass is 16.5. The van der Waals surface area contributed by atoms with Crippen molar-refractivity contribution in [2.75, 3.05) is 13.2 Å². The number of carbonyl (C=O) groups is 2. The summed E-state index contributed by atoms with van der Waals surface area (Å²) in [5, 5.41) is 0. The Morgan fingerprint density at radius 3 is 2.35 bits per heavy atom. The van der Waals surface area contributed by atoms with Crippen molar-refractivity contribution < 1.29 is 19.1 Å². The Bertz CT molecular complexity index is 486. The molecule has 128 valence electrons. The highest BCUT2D eigenvalue weighted by Gasteiger charge is 2.31. The largest absolute Gasteiger partial charge is 0.461 e. The van der Waals surface area contributed by atoms with Crippen LogP contribution in [0.2, 0.25) is 0 Å². The zero-order valence-electron chi connectivity index (χ0n) is 14.4. The van der Waals surface area contributed by atoms with Gasteiger partial charge in [0.15, 0.2) is 0 Å². The van der Waals surface area contributed by atoms with Gasteiger partial charge in [0.2, 0.25) is 0 Å². The zero-order chi connectivity index (χ0) is 17.3. The number of esters is 2. The molecule has 0 unspecified atom stereocenters. The summed E-state index contributed by atoms with van der Waals surface area (Å²) in [5.41, 5.74) is 2.29. The molecule has 0 N–H and O–H groups in total. The van der Waals surface area contributed by atoms with Gasteiger partial charge in [-0.3, -0.25) is 9.59 Å². The molecule has 0 atom stereocenters. The molecular weight excluding hydrogens is 292 g/mol. The third-order valence-corrected chi connectivity index (χ3v) is 4.20. The van der Waals surface area contributed by atoms with Crippen LogP contribution in [-0.2, 0) is 19.1 Å². The maximum Gasteiger partial charge on any atom is 0.310 e. The van der Waals surface area contributed by atoms with Crippen LogP contribution in [0, 0.1) is 5.41 Å². The van der Waals surface area contributed by atoms with E-state index in [0.29, 0.717) is 12.8 Å². The lowest BCUT2D eigenvalue weighted by molar-refractivity contribution is -0.142. The molecule has 4 nitrogen and oxygen atoms in total. The van der Waals surface area contributed by atoms with Crippen LogP contribution in [0.25, 0.3) is 0 Å². The van der Waals surface area contributed by atoms with Gasteiger partial charge in [0, 0.05) is 6.42 Å². The molecule has 0 saturated carbocycles. The van der Waals surface area contributed by atoms with Crippen LogP contribution in [0.4, 0.5) is 0 Å². The zero-order valence-corrected chi connectivity index (χ0v) is 14.4. The number of allylic oxidation sites excluding steroid dienone is 1. The van der Waals surface area contributed by atoms with E-state index in [1.54, 1.807) is 12.2 Å². The summed E-state index contributed by atoms with van der Waals surface area (Å²) in [6, 6.07) is 0. The molecule has 0 aromatic carbocycles. The molecule has 23 heavy (non-hydrogen) atoms. The van der Waals surface area contributed by atoms with Crippen LogP contribution in [-0.4, -0.2) is 25.2 Å². The smallest absolute Gasteiger partial charge is 0.310 e. The number of ether oxygens (including phenoxy) is 2. The Balaban J connectivity index is 2.78. The fourth-order valence-corrected chi connectivity index (χ4v) is 2.99. The third-order valence-electron chi connectivity index (χ3n) is 4.20. The Hall–Kier alpha value is -1.84. The van der Waals surface area contributed by atoms with Crippen molar-refractivity contribution in [3.05, 3.63) is 36.5 Å². The normalized spacial score (nSPS) is 16.6. The van der Waals surface area contributed by atoms with Crippen molar-refractivity contribution in [2.24, 2.45) is 5.41 Å². The molecule has 0 heterocycles. The summed E-state index contributed by atoms with van der Waals surface area (Å²) in [6.07, 6.45) is 7.45. The molecule has 0 radical (unpaired) electrons. The highest BCUT2D eigenvalue weighted by molar-refractivity contribution is 5.73. The van der Waals surface area contributed by atoms with Gasteiger partial charge in [-0.2, -0.15) is 0 Å². The summed E-state index contributed by atoms with van der Waals surface area (Å²) in [5.74, 6) is -0.462. The fourth-order valence-electron chi connectivity index (χ4n) is 2.99. The van der Waals surface area contributed by atoms with Crippen molar-refractivity contribution in [1.29, 1.82) is 0 Å². The maximum atomic E-state index is 12.0. The van der Waals surface area contributed by atoms with Crippen molar-refractivity contribution >= 4 is 11.9 Å². The van der Waals surface area contributed by atoms with Gasteiger partial charge >= 0.3 is 11.9 Å². The van der Waals surface area contributed by atoms with Crippen LogP contribution in [0.15, 0.2) is 36.5 Å². The molecule has 1 aliphatic carbocycles. The summed E-state index contributed by atoms with van der Waals surface area (Å²) >= 11 is 0. The second-order valence-electron chi connectivity index (χ2n) is 6.44. The predicted molar refractivity (Wildman–Crippen MR) is 90.8 cm³/mol. The third kappa shape index (κ3) is 6.43. The highest BCUT2D eigenvalue weighted by Crippen LogP contribution is 2.43. The van der Waals surface area contributed by atoms with E-state index in [9.17, 15) is 9.59 Å². The van der Waals surface area contributed by atoms with Crippen molar-refractivity contribution in [1.82, 2.24) is 0 Å². The topological polar surface area (TPSA) is 52.6 Å². The number of carbonyl (C=O) groups excluding carboxylic acids is 2. The lowest BCUT2D eigenvalue weighted by Crippen LogP contribution is -2.24. The Kier molecular flexibility index (Phi) is 7.79. The molecule has 0 amide bonds. The summed E-state index contributed by atoms with van der Waals surface area (Å²) in [7, 11) is 0. The molecule has 1 aliphatic rings. The van der Waals surface area contributed by atoms with E-state index >= 15 is 0 Å². The van der Waals surface area contributed by atoms with E-state index in [1.165, 1.54) is 5.57 Å². The Morgan fingerprint density at radius 1 is 1.13 bits per heavy atom. The summed E-state index contributed by atoms with van der Waals surface area (Å²) in [4.78, 5) is 23.7. The SMILES string of the molecule is C=CCOC(=O)CCC1=C(CC(=O)OCC=C)C(C)(C)CCC1. The standard InChI is InChI=1S/C19H28O4/c1-5-12-22-17(20)10-9-15-8-7-11-19(3,4)16(15)14-18(21)23-13-6-2/h5-6H,1-2,7-14H2,3-4H3. The Labute approximate surface area is 139 Å². The molecule has 4 heteroatoms. The molecule has 0 saturated heterocycles. The van der Waals surface area contributed by atoms with Crippen LogP contribution >= 0.6 is 0 Å².